The Morgan fingerprint density at radius 2 is 2.44 bits per heavy atom. The minimum atomic E-state index is 0.439. The number of nitrogens with one attached hydrogen (secondary N) is 1. The largest absolute Gasteiger partial charge is 0.366 e. The monoisotopic (exact) mass is 143 g/mol. The van der Waals surface area contributed by atoms with Crippen molar-refractivity contribution in [3.63, 3.8) is 0 Å². The van der Waals surface area contributed by atoms with Gasteiger partial charge in [-0.05, 0) is 25.4 Å². The molecule has 1 heterocycles. The molecule has 1 rings (SSSR count). The molecule has 1 aromatic heterocycles. The Hall–Kier alpha value is -0.640. The maximum absolute atomic E-state index is 3.81. The standard InChI is InChI=1S/C5H9N3S/c1-4(2)6-5-3-9-8-7-5/h3-4,6H,1-2H3. The van der Waals surface area contributed by atoms with Crippen LogP contribution < -0.4 is 5.32 Å². The van der Waals surface area contributed by atoms with Crippen molar-refractivity contribution in [2.45, 2.75) is 19.9 Å². The summed E-state index contributed by atoms with van der Waals surface area (Å²) in [6.45, 7) is 4.14. The van der Waals surface area contributed by atoms with Crippen molar-refractivity contribution in [3.05, 3.63) is 5.38 Å². The van der Waals surface area contributed by atoms with Gasteiger partial charge in [-0.15, -0.1) is 5.10 Å². The van der Waals surface area contributed by atoms with E-state index in [4.69, 9.17) is 0 Å². The van der Waals surface area contributed by atoms with Gasteiger partial charge in [0.05, 0.1) is 5.38 Å². The maximum atomic E-state index is 3.81. The van der Waals surface area contributed by atoms with E-state index < -0.39 is 0 Å². The molecular formula is C5H9N3S. The molecule has 0 fully saturated rings. The highest BCUT2D eigenvalue weighted by atomic mass is 32.1. The normalized spacial score (nSPS) is 10.1. The number of anilines is 1. The van der Waals surface area contributed by atoms with Crippen LogP contribution in [-0.2, 0) is 0 Å². The zero-order chi connectivity index (χ0) is 6.69. The number of rotatable bonds is 2. The Morgan fingerprint density at radius 3 is 2.89 bits per heavy atom. The fourth-order valence-corrected chi connectivity index (χ4v) is 0.921. The summed E-state index contributed by atoms with van der Waals surface area (Å²) in [5, 5.41) is 8.82. The van der Waals surface area contributed by atoms with Gasteiger partial charge < -0.3 is 5.32 Å². The summed E-state index contributed by atoms with van der Waals surface area (Å²) in [5.41, 5.74) is 0. The Balaban J connectivity index is 2.48. The smallest absolute Gasteiger partial charge is 0.161 e. The zero-order valence-corrected chi connectivity index (χ0v) is 6.27. The van der Waals surface area contributed by atoms with E-state index in [1.165, 1.54) is 11.5 Å². The molecule has 0 atom stereocenters. The first kappa shape index (κ1) is 6.48. The van der Waals surface area contributed by atoms with Crippen molar-refractivity contribution < 1.29 is 0 Å². The fraction of sp³-hybridized carbons (Fsp3) is 0.600. The molecule has 0 aromatic carbocycles. The lowest BCUT2D eigenvalue weighted by Gasteiger charge is -2.03. The van der Waals surface area contributed by atoms with Crippen molar-refractivity contribution in [1.29, 1.82) is 0 Å². The third-order valence-corrected chi connectivity index (χ3v) is 1.30. The quantitative estimate of drug-likeness (QED) is 0.679. The summed E-state index contributed by atoms with van der Waals surface area (Å²) >= 11 is 1.36. The van der Waals surface area contributed by atoms with E-state index in [-0.39, 0.29) is 0 Å². The van der Waals surface area contributed by atoms with E-state index in [1.807, 2.05) is 5.38 Å². The Labute approximate surface area is 58.3 Å². The van der Waals surface area contributed by atoms with Gasteiger partial charge in [0.2, 0.25) is 0 Å². The molecule has 50 valence electrons. The lowest BCUT2D eigenvalue weighted by Crippen LogP contribution is -2.09. The van der Waals surface area contributed by atoms with Gasteiger partial charge in [0.1, 0.15) is 0 Å². The van der Waals surface area contributed by atoms with E-state index >= 15 is 0 Å². The molecule has 1 N–H and O–H groups in total. The topological polar surface area (TPSA) is 37.8 Å². The first-order valence-electron chi connectivity index (χ1n) is 2.82. The molecule has 0 spiro atoms. The Morgan fingerprint density at radius 1 is 1.67 bits per heavy atom. The maximum Gasteiger partial charge on any atom is 0.161 e. The van der Waals surface area contributed by atoms with Crippen molar-refractivity contribution in [2.75, 3.05) is 5.32 Å². The van der Waals surface area contributed by atoms with Crippen molar-refractivity contribution in [3.8, 4) is 0 Å². The molecule has 0 radical (unpaired) electrons. The summed E-state index contributed by atoms with van der Waals surface area (Å²) in [4.78, 5) is 0. The van der Waals surface area contributed by atoms with Gasteiger partial charge in [-0.3, -0.25) is 0 Å². The van der Waals surface area contributed by atoms with E-state index in [0.717, 1.165) is 5.82 Å². The third-order valence-electron chi connectivity index (χ3n) is 0.797. The minimum absolute atomic E-state index is 0.439. The van der Waals surface area contributed by atoms with E-state index in [2.05, 4.69) is 28.8 Å². The summed E-state index contributed by atoms with van der Waals surface area (Å²) in [6, 6.07) is 0.439. The summed E-state index contributed by atoms with van der Waals surface area (Å²) in [6.07, 6.45) is 0. The van der Waals surface area contributed by atoms with E-state index in [9.17, 15) is 0 Å². The van der Waals surface area contributed by atoms with Gasteiger partial charge >= 0.3 is 0 Å². The van der Waals surface area contributed by atoms with Gasteiger partial charge in [-0.25, -0.2) is 0 Å². The number of hydrogen-bond acceptors (Lipinski definition) is 4. The second-order valence-electron chi connectivity index (χ2n) is 2.09. The molecule has 0 aliphatic heterocycles. The molecule has 0 aliphatic carbocycles. The molecule has 9 heavy (non-hydrogen) atoms. The van der Waals surface area contributed by atoms with Crippen LogP contribution in [0.3, 0.4) is 0 Å². The van der Waals surface area contributed by atoms with E-state index in [0.29, 0.717) is 6.04 Å². The average molecular weight is 143 g/mol. The molecule has 0 unspecified atom stereocenters. The summed E-state index contributed by atoms with van der Waals surface area (Å²) in [7, 11) is 0. The number of nitrogens with zero attached hydrogens (tertiary/aromatic N) is 2. The molecule has 1 aromatic rings. The zero-order valence-electron chi connectivity index (χ0n) is 5.46. The lowest BCUT2D eigenvalue weighted by molar-refractivity contribution is 0.885. The highest BCUT2D eigenvalue weighted by molar-refractivity contribution is 7.03. The van der Waals surface area contributed by atoms with Gasteiger partial charge in [0.25, 0.3) is 0 Å². The molecule has 0 saturated carbocycles. The molecule has 0 aliphatic rings. The second kappa shape index (κ2) is 2.77. The van der Waals surface area contributed by atoms with Crippen LogP contribution >= 0.6 is 11.5 Å². The van der Waals surface area contributed by atoms with Crippen molar-refractivity contribution >= 4 is 17.4 Å². The first-order valence-corrected chi connectivity index (χ1v) is 3.66. The van der Waals surface area contributed by atoms with Gasteiger partial charge in [0.15, 0.2) is 5.82 Å². The summed E-state index contributed by atoms with van der Waals surface area (Å²) < 4.78 is 3.70. The van der Waals surface area contributed by atoms with Crippen LogP contribution in [-0.4, -0.2) is 15.6 Å². The minimum Gasteiger partial charge on any atom is -0.366 e. The number of hydrogen-bond donors (Lipinski definition) is 1. The predicted molar refractivity (Wildman–Crippen MR) is 38.7 cm³/mol. The van der Waals surface area contributed by atoms with Crippen molar-refractivity contribution in [1.82, 2.24) is 9.59 Å². The molecule has 0 bridgehead atoms. The van der Waals surface area contributed by atoms with Crippen LogP contribution in [0.15, 0.2) is 5.38 Å². The molecule has 0 amide bonds. The van der Waals surface area contributed by atoms with E-state index in [1.54, 1.807) is 0 Å². The van der Waals surface area contributed by atoms with Crippen LogP contribution in [0, 0.1) is 0 Å². The predicted octanol–water partition coefficient (Wildman–Crippen LogP) is 1.36. The van der Waals surface area contributed by atoms with Gasteiger partial charge in [-0.1, -0.05) is 4.49 Å². The van der Waals surface area contributed by atoms with Crippen LogP contribution in [0.1, 0.15) is 13.8 Å². The van der Waals surface area contributed by atoms with Gasteiger partial charge in [0, 0.05) is 6.04 Å². The highest BCUT2D eigenvalue weighted by Gasteiger charge is 1.95. The third kappa shape index (κ3) is 1.97. The molecular weight excluding hydrogens is 134 g/mol. The Bertz CT molecular complexity index is 159. The fourth-order valence-electron chi connectivity index (χ4n) is 0.523. The number of aromatic nitrogens is 2. The average Bonchev–Trinajstić information content (AvgIpc) is 2.15. The van der Waals surface area contributed by atoms with Crippen LogP contribution in [0.5, 0.6) is 0 Å². The highest BCUT2D eigenvalue weighted by Crippen LogP contribution is 2.03. The first-order chi connectivity index (χ1) is 4.29. The van der Waals surface area contributed by atoms with Crippen LogP contribution in [0.4, 0.5) is 5.82 Å². The Kier molecular flexibility index (Phi) is 2.00. The second-order valence-corrected chi connectivity index (χ2v) is 2.70. The molecule has 4 heteroatoms. The van der Waals surface area contributed by atoms with Gasteiger partial charge in [-0.2, -0.15) is 0 Å². The SMILES string of the molecule is CC(C)Nc1csnn1. The van der Waals surface area contributed by atoms with Crippen LogP contribution in [0.2, 0.25) is 0 Å². The molecule has 0 saturated heterocycles. The van der Waals surface area contributed by atoms with Crippen molar-refractivity contribution in [2.24, 2.45) is 0 Å². The molecule has 3 nitrogen and oxygen atoms in total. The lowest BCUT2D eigenvalue weighted by atomic mass is 10.4. The summed E-state index contributed by atoms with van der Waals surface area (Å²) in [5.74, 6) is 0.870. The van der Waals surface area contributed by atoms with Crippen LogP contribution in [0.25, 0.3) is 0 Å².